The smallest absolute Gasteiger partial charge is 0.408 e. The van der Waals surface area contributed by atoms with Gasteiger partial charge in [-0.15, -0.1) is 0 Å². The molecule has 0 bridgehead atoms. The predicted octanol–water partition coefficient (Wildman–Crippen LogP) is 0.574. The summed E-state index contributed by atoms with van der Waals surface area (Å²) in [6, 6.07) is 0.0468. The quantitative estimate of drug-likeness (QED) is 0.606. The van der Waals surface area contributed by atoms with Gasteiger partial charge in [-0.25, -0.2) is 9.59 Å². The molecule has 2 rings (SSSR count). The molecule has 1 fully saturated rings. The molecule has 2 heterocycles. The molecule has 2 atom stereocenters. The van der Waals surface area contributed by atoms with E-state index >= 15 is 0 Å². The Morgan fingerprint density at radius 3 is 2.71 bits per heavy atom. The van der Waals surface area contributed by atoms with Crippen LogP contribution in [0.3, 0.4) is 0 Å². The highest BCUT2D eigenvalue weighted by Crippen LogP contribution is 2.29. The van der Waals surface area contributed by atoms with Gasteiger partial charge in [0.25, 0.3) is 0 Å². The van der Waals surface area contributed by atoms with Gasteiger partial charge in [-0.3, -0.25) is 20.0 Å². The highest BCUT2D eigenvalue weighted by Gasteiger charge is 2.41. The van der Waals surface area contributed by atoms with Crippen molar-refractivity contribution in [2.75, 3.05) is 6.54 Å². The number of aromatic nitrogens is 1. The van der Waals surface area contributed by atoms with Gasteiger partial charge in [0.15, 0.2) is 0 Å². The molecule has 1 aliphatic rings. The number of nitro groups is 1. The number of pyridine rings is 1. The zero-order valence-corrected chi connectivity index (χ0v) is 10.6. The van der Waals surface area contributed by atoms with Gasteiger partial charge in [0.1, 0.15) is 18.3 Å². The lowest BCUT2D eigenvalue weighted by Crippen LogP contribution is -2.39. The first kappa shape index (κ1) is 14.5. The van der Waals surface area contributed by atoms with Crippen molar-refractivity contribution in [1.29, 1.82) is 0 Å². The van der Waals surface area contributed by atoms with Crippen molar-refractivity contribution in [3.8, 4) is 5.75 Å². The van der Waals surface area contributed by atoms with Gasteiger partial charge in [0.05, 0.1) is 11.5 Å². The Kier molecular flexibility index (Phi) is 3.87. The lowest BCUT2D eigenvalue weighted by molar-refractivity contribution is -0.386. The number of carboxylic acid groups (broad SMARTS) is 2. The largest absolute Gasteiger partial charge is 0.481 e. The lowest BCUT2D eigenvalue weighted by Gasteiger charge is -2.16. The molecule has 10 heteroatoms. The standard InChI is InChI=1S/C11H11N3O7/c15-10(16)7-3-6(5-13(7)11(17)18)21-9-1-2-12-4-8(9)14(19)20/h1-2,4,6-7H,3,5H2,(H,15,16)(H,17,18). The van der Waals surface area contributed by atoms with E-state index in [0.717, 1.165) is 11.1 Å². The maximum atomic E-state index is 11.0. The van der Waals surface area contributed by atoms with Crippen LogP contribution >= 0.6 is 0 Å². The zero-order chi connectivity index (χ0) is 15.6. The summed E-state index contributed by atoms with van der Waals surface area (Å²) in [4.78, 5) is 36.5. The SMILES string of the molecule is O=C(O)C1CC(Oc2ccncc2[N+](=O)[O-])CN1C(=O)O. The van der Waals surface area contributed by atoms with Crippen LogP contribution in [0.4, 0.5) is 10.5 Å². The van der Waals surface area contributed by atoms with Crippen LogP contribution in [0.25, 0.3) is 0 Å². The normalized spacial score (nSPS) is 21.0. The second-order valence-electron chi connectivity index (χ2n) is 4.37. The van der Waals surface area contributed by atoms with Crippen molar-refractivity contribution >= 4 is 17.7 Å². The molecule has 1 aromatic rings. The number of ether oxygens (including phenoxy) is 1. The fraction of sp³-hybridized carbons (Fsp3) is 0.364. The molecule has 21 heavy (non-hydrogen) atoms. The summed E-state index contributed by atoms with van der Waals surface area (Å²) in [6.07, 6.45) is 0.0664. The Morgan fingerprint density at radius 2 is 2.19 bits per heavy atom. The molecule has 0 saturated carbocycles. The third kappa shape index (κ3) is 2.99. The molecular formula is C11H11N3O7. The van der Waals surface area contributed by atoms with Gasteiger partial charge in [-0.2, -0.15) is 0 Å². The predicted molar refractivity (Wildman–Crippen MR) is 66.1 cm³/mol. The van der Waals surface area contributed by atoms with Crippen LogP contribution in [0.2, 0.25) is 0 Å². The highest BCUT2D eigenvalue weighted by molar-refractivity contribution is 5.80. The number of amides is 1. The molecule has 0 radical (unpaired) electrons. The molecule has 2 N–H and O–H groups in total. The van der Waals surface area contributed by atoms with E-state index in [1.165, 1.54) is 12.3 Å². The van der Waals surface area contributed by atoms with Crippen LogP contribution in [-0.4, -0.2) is 55.8 Å². The van der Waals surface area contributed by atoms with Gasteiger partial charge in [-0.1, -0.05) is 0 Å². The number of aliphatic carboxylic acids is 1. The number of carbonyl (C=O) groups is 2. The van der Waals surface area contributed by atoms with E-state index in [0.29, 0.717) is 0 Å². The Labute approximate surface area is 117 Å². The van der Waals surface area contributed by atoms with E-state index in [-0.39, 0.29) is 24.4 Å². The third-order valence-electron chi connectivity index (χ3n) is 3.05. The lowest BCUT2D eigenvalue weighted by atomic mass is 10.2. The molecule has 0 aromatic carbocycles. The summed E-state index contributed by atoms with van der Waals surface area (Å²) in [5.41, 5.74) is -0.363. The highest BCUT2D eigenvalue weighted by atomic mass is 16.6. The van der Waals surface area contributed by atoms with Crippen molar-refractivity contribution in [2.24, 2.45) is 0 Å². The van der Waals surface area contributed by atoms with Gasteiger partial charge >= 0.3 is 17.7 Å². The number of carboxylic acids is 1. The number of nitrogens with zero attached hydrogens (tertiary/aromatic N) is 3. The van der Waals surface area contributed by atoms with Crippen molar-refractivity contribution in [2.45, 2.75) is 18.6 Å². The van der Waals surface area contributed by atoms with E-state index in [4.69, 9.17) is 14.9 Å². The van der Waals surface area contributed by atoms with Crippen molar-refractivity contribution in [1.82, 2.24) is 9.88 Å². The van der Waals surface area contributed by atoms with E-state index in [9.17, 15) is 19.7 Å². The van der Waals surface area contributed by atoms with Crippen LogP contribution < -0.4 is 4.74 Å². The minimum atomic E-state index is -1.38. The maximum absolute atomic E-state index is 11.0. The number of rotatable bonds is 4. The number of hydrogen-bond acceptors (Lipinski definition) is 6. The first-order chi connectivity index (χ1) is 9.90. The van der Waals surface area contributed by atoms with E-state index < -0.39 is 29.1 Å². The fourth-order valence-electron chi connectivity index (χ4n) is 2.12. The van der Waals surface area contributed by atoms with E-state index in [2.05, 4.69) is 4.98 Å². The van der Waals surface area contributed by atoms with Crippen LogP contribution in [0, 0.1) is 10.1 Å². The van der Waals surface area contributed by atoms with Gasteiger partial charge < -0.3 is 14.9 Å². The summed E-state index contributed by atoms with van der Waals surface area (Å²) in [5, 5.41) is 28.8. The van der Waals surface area contributed by atoms with Gasteiger partial charge in [0, 0.05) is 18.7 Å². The third-order valence-corrected chi connectivity index (χ3v) is 3.05. The molecule has 1 aromatic heterocycles. The first-order valence-corrected chi connectivity index (χ1v) is 5.87. The van der Waals surface area contributed by atoms with Crippen molar-refractivity contribution < 1.29 is 29.5 Å². The molecule has 0 spiro atoms. The summed E-state index contributed by atoms with van der Waals surface area (Å²) < 4.78 is 5.38. The molecule has 10 nitrogen and oxygen atoms in total. The van der Waals surface area contributed by atoms with Crippen LogP contribution in [-0.2, 0) is 4.79 Å². The monoisotopic (exact) mass is 297 g/mol. The molecule has 0 aliphatic carbocycles. The number of hydrogen-bond donors (Lipinski definition) is 2. The second-order valence-corrected chi connectivity index (χ2v) is 4.37. The maximum Gasteiger partial charge on any atom is 0.408 e. The van der Waals surface area contributed by atoms with Gasteiger partial charge in [0.2, 0.25) is 5.75 Å². The minimum absolute atomic E-state index is 0.0728. The molecule has 1 saturated heterocycles. The fourth-order valence-corrected chi connectivity index (χ4v) is 2.12. The van der Waals surface area contributed by atoms with Crippen molar-refractivity contribution in [3.63, 3.8) is 0 Å². The van der Waals surface area contributed by atoms with Crippen LogP contribution in [0.15, 0.2) is 18.5 Å². The van der Waals surface area contributed by atoms with Crippen LogP contribution in [0.5, 0.6) is 5.75 Å². The average molecular weight is 297 g/mol. The van der Waals surface area contributed by atoms with E-state index in [1.54, 1.807) is 0 Å². The molecule has 1 amide bonds. The zero-order valence-electron chi connectivity index (χ0n) is 10.6. The summed E-state index contributed by atoms with van der Waals surface area (Å²) in [6.45, 7) is -0.175. The van der Waals surface area contributed by atoms with E-state index in [1.807, 2.05) is 0 Å². The Morgan fingerprint density at radius 1 is 1.48 bits per heavy atom. The topological polar surface area (TPSA) is 143 Å². The minimum Gasteiger partial charge on any atom is -0.481 e. The Hall–Kier alpha value is -2.91. The Bertz CT molecular complexity index is 569. The summed E-state index contributed by atoms with van der Waals surface area (Å²) in [7, 11) is 0. The molecule has 112 valence electrons. The molecular weight excluding hydrogens is 286 g/mol. The van der Waals surface area contributed by atoms with Crippen LogP contribution in [0.1, 0.15) is 6.42 Å². The summed E-state index contributed by atoms with van der Waals surface area (Å²) in [5.74, 6) is -1.36. The number of likely N-dealkylation sites (tertiary alicyclic amines) is 1. The summed E-state index contributed by atoms with van der Waals surface area (Å²) >= 11 is 0. The first-order valence-electron chi connectivity index (χ1n) is 5.87. The second kappa shape index (κ2) is 5.61. The average Bonchev–Trinajstić information content (AvgIpc) is 2.83. The van der Waals surface area contributed by atoms with Crippen molar-refractivity contribution in [3.05, 3.63) is 28.6 Å². The molecule has 2 unspecified atom stereocenters. The molecule has 1 aliphatic heterocycles. The Balaban J connectivity index is 2.17. The van der Waals surface area contributed by atoms with Gasteiger partial charge in [-0.05, 0) is 0 Å².